The smallest absolute Gasteiger partial charge is 0.0685 e. The lowest BCUT2D eigenvalue weighted by molar-refractivity contribution is 1.16. The van der Waals surface area contributed by atoms with E-state index in [1.807, 2.05) is 13.1 Å². The molecule has 0 spiro atoms. The number of pyridine rings is 1. The summed E-state index contributed by atoms with van der Waals surface area (Å²) in [6.45, 7) is 14.4. The molecule has 1 nitrogen and oxygen atoms in total. The van der Waals surface area contributed by atoms with E-state index in [1.165, 1.54) is 16.7 Å². The second-order valence-corrected chi connectivity index (χ2v) is 4.95. The van der Waals surface area contributed by atoms with Crippen LogP contribution in [0.25, 0.3) is 11.1 Å². The molecule has 0 aliphatic carbocycles. The molecule has 1 rings (SSSR count). The lowest BCUT2D eigenvalue weighted by atomic mass is 10.0. The van der Waals surface area contributed by atoms with E-state index in [0.29, 0.717) is 0 Å². The number of aryl methyl sites for hydroxylation is 1. The maximum Gasteiger partial charge on any atom is 0.0685 e. The molecule has 0 saturated carbocycles. The molecule has 0 N–H and O–H groups in total. The molecule has 0 aromatic carbocycles. The third-order valence-electron chi connectivity index (χ3n) is 3.48. The predicted molar refractivity (Wildman–Crippen MR) is 90.5 cm³/mol. The molecule has 0 aliphatic heterocycles. The topological polar surface area (TPSA) is 12.9 Å². The van der Waals surface area contributed by atoms with Crippen LogP contribution in [0.4, 0.5) is 0 Å². The fraction of sp³-hybridized carbons (Fsp3) is 0.316. The number of hydrogen-bond acceptors (Lipinski definition) is 1. The van der Waals surface area contributed by atoms with E-state index in [-0.39, 0.29) is 0 Å². The Hall–Kier alpha value is -1.89. The summed E-state index contributed by atoms with van der Waals surface area (Å²) in [5.41, 5.74) is 6.97. The summed E-state index contributed by atoms with van der Waals surface area (Å²) in [5.74, 6) is 0. The molecule has 0 saturated heterocycles. The highest BCUT2D eigenvalue weighted by Gasteiger charge is 2.05. The summed E-state index contributed by atoms with van der Waals surface area (Å²) in [4.78, 5) is 4.60. The quantitative estimate of drug-likeness (QED) is 0.620. The average Bonchev–Trinajstić information content (AvgIpc) is 2.46. The fourth-order valence-electron chi connectivity index (χ4n) is 1.97. The first kappa shape index (κ1) is 16.2. The van der Waals surface area contributed by atoms with Gasteiger partial charge in [-0.2, -0.15) is 0 Å². The standard InChI is InChI=1S/C19H25N/c1-7-14(4)10-11-17(9-3)18-12-16(6)19(20-13-18)15(5)8-2/h8-13H,4,7H2,1-3,5-6H3/b11-10-,15-8?,17-9+. The van der Waals surface area contributed by atoms with Crippen molar-refractivity contribution < 1.29 is 0 Å². The number of nitrogens with zero attached hydrogens (tertiary/aromatic N) is 1. The van der Waals surface area contributed by atoms with Gasteiger partial charge in [0.15, 0.2) is 0 Å². The van der Waals surface area contributed by atoms with Gasteiger partial charge in [-0.05, 0) is 62.5 Å². The Bertz CT molecular complexity index is 571. The van der Waals surface area contributed by atoms with Gasteiger partial charge in [-0.3, -0.25) is 4.98 Å². The van der Waals surface area contributed by atoms with Crippen molar-refractivity contribution in [3.8, 4) is 0 Å². The van der Waals surface area contributed by atoms with Crippen LogP contribution in [0.15, 0.2) is 48.7 Å². The molecule has 0 amide bonds. The van der Waals surface area contributed by atoms with E-state index in [2.05, 4.69) is 69.6 Å². The van der Waals surface area contributed by atoms with Crippen molar-refractivity contribution >= 4 is 11.1 Å². The molecule has 0 atom stereocenters. The van der Waals surface area contributed by atoms with Gasteiger partial charge in [0, 0.05) is 6.20 Å². The molecular weight excluding hydrogens is 242 g/mol. The summed E-state index contributed by atoms with van der Waals surface area (Å²) in [6.07, 6.45) is 11.3. The molecule has 1 heteroatoms. The van der Waals surface area contributed by atoms with Crippen LogP contribution in [-0.4, -0.2) is 4.98 Å². The van der Waals surface area contributed by atoms with E-state index in [4.69, 9.17) is 0 Å². The summed E-state index contributed by atoms with van der Waals surface area (Å²) < 4.78 is 0. The molecule has 1 aromatic rings. The van der Waals surface area contributed by atoms with Crippen LogP contribution in [0.5, 0.6) is 0 Å². The fourth-order valence-corrected chi connectivity index (χ4v) is 1.97. The Morgan fingerprint density at radius 1 is 1.25 bits per heavy atom. The highest BCUT2D eigenvalue weighted by atomic mass is 14.7. The predicted octanol–water partition coefficient (Wildman–Crippen LogP) is 5.74. The van der Waals surface area contributed by atoms with E-state index >= 15 is 0 Å². The molecule has 0 fully saturated rings. The number of aromatic nitrogens is 1. The summed E-state index contributed by atoms with van der Waals surface area (Å²) in [7, 11) is 0. The first-order chi connectivity index (χ1) is 9.53. The summed E-state index contributed by atoms with van der Waals surface area (Å²) in [6, 6.07) is 2.20. The van der Waals surface area contributed by atoms with Gasteiger partial charge in [0.25, 0.3) is 0 Å². The van der Waals surface area contributed by atoms with Crippen LogP contribution >= 0.6 is 0 Å². The van der Waals surface area contributed by atoms with Crippen LogP contribution in [0.3, 0.4) is 0 Å². The van der Waals surface area contributed by atoms with Gasteiger partial charge in [-0.15, -0.1) is 0 Å². The molecule has 20 heavy (non-hydrogen) atoms. The van der Waals surface area contributed by atoms with Gasteiger partial charge in [-0.1, -0.05) is 43.4 Å². The van der Waals surface area contributed by atoms with Gasteiger partial charge >= 0.3 is 0 Å². The van der Waals surface area contributed by atoms with Crippen molar-refractivity contribution in [3.05, 3.63) is 65.5 Å². The number of rotatable bonds is 5. The van der Waals surface area contributed by atoms with Gasteiger partial charge < -0.3 is 0 Å². The zero-order valence-electron chi connectivity index (χ0n) is 13.3. The first-order valence-electron chi connectivity index (χ1n) is 7.15. The Labute approximate surface area is 123 Å². The molecule has 1 aromatic heterocycles. The molecule has 106 valence electrons. The molecule has 0 bridgehead atoms. The number of allylic oxidation sites excluding steroid dienone is 7. The van der Waals surface area contributed by atoms with Gasteiger partial charge in [0.1, 0.15) is 0 Å². The van der Waals surface area contributed by atoms with Gasteiger partial charge in [0.05, 0.1) is 5.69 Å². The van der Waals surface area contributed by atoms with E-state index in [1.54, 1.807) is 0 Å². The van der Waals surface area contributed by atoms with Crippen molar-refractivity contribution in [1.29, 1.82) is 0 Å². The largest absolute Gasteiger partial charge is 0.256 e. The van der Waals surface area contributed by atoms with Crippen LogP contribution in [0, 0.1) is 6.92 Å². The first-order valence-corrected chi connectivity index (χ1v) is 7.15. The van der Waals surface area contributed by atoms with Crippen molar-refractivity contribution in [2.75, 3.05) is 0 Å². The zero-order chi connectivity index (χ0) is 15.1. The summed E-state index contributed by atoms with van der Waals surface area (Å²) in [5, 5.41) is 0. The monoisotopic (exact) mass is 267 g/mol. The van der Waals surface area contributed by atoms with Crippen LogP contribution in [-0.2, 0) is 0 Å². The van der Waals surface area contributed by atoms with Crippen molar-refractivity contribution in [1.82, 2.24) is 4.98 Å². The lowest BCUT2D eigenvalue weighted by Crippen LogP contribution is -1.94. The molecule has 0 aliphatic rings. The van der Waals surface area contributed by atoms with E-state index in [0.717, 1.165) is 23.3 Å². The second kappa shape index (κ2) is 7.64. The van der Waals surface area contributed by atoms with Crippen molar-refractivity contribution in [2.45, 2.75) is 41.0 Å². The van der Waals surface area contributed by atoms with Gasteiger partial charge in [0.2, 0.25) is 0 Å². The SMILES string of the molecule is C=C(/C=C\C(=C/C)c1cnc(C(C)=CC)c(C)c1)CC. The highest BCUT2D eigenvalue weighted by Crippen LogP contribution is 2.22. The number of hydrogen-bond donors (Lipinski definition) is 0. The third-order valence-corrected chi connectivity index (χ3v) is 3.48. The minimum Gasteiger partial charge on any atom is -0.256 e. The Morgan fingerprint density at radius 2 is 1.95 bits per heavy atom. The third kappa shape index (κ3) is 4.06. The maximum atomic E-state index is 4.60. The molecule has 1 heterocycles. The van der Waals surface area contributed by atoms with Crippen LogP contribution in [0.2, 0.25) is 0 Å². The maximum absolute atomic E-state index is 4.60. The minimum absolute atomic E-state index is 0.976. The van der Waals surface area contributed by atoms with Gasteiger partial charge in [-0.25, -0.2) is 0 Å². The van der Waals surface area contributed by atoms with E-state index in [9.17, 15) is 0 Å². The average molecular weight is 267 g/mol. The highest BCUT2D eigenvalue weighted by molar-refractivity contribution is 5.75. The zero-order valence-corrected chi connectivity index (χ0v) is 13.3. The van der Waals surface area contributed by atoms with Crippen molar-refractivity contribution in [2.24, 2.45) is 0 Å². The van der Waals surface area contributed by atoms with Crippen LogP contribution < -0.4 is 0 Å². The van der Waals surface area contributed by atoms with E-state index < -0.39 is 0 Å². The Kier molecular flexibility index (Phi) is 6.17. The van der Waals surface area contributed by atoms with Crippen LogP contribution in [0.1, 0.15) is 50.9 Å². The Morgan fingerprint density at radius 3 is 2.45 bits per heavy atom. The Balaban J connectivity index is 3.11. The second-order valence-electron chi connectivity index (χ2n) is 4.95. The summed E-state index contributed by atoms with van der Waals surface area (Å²) >= 11 is 0. The minimum atomic E-state index is 0.976. The molecule has 0 unspecified atom stereocenters. The molecular formula is C19H25N. The molecule has 0 radical (unpaired) electrons. The normalized spacial score (nSPS) is 13.1. The van der Waals surface area contributed by atoms with Crippen molar-refractivity contribution in [3.63, 3.8) is 0 Å². The lowest BCUT2D eigenvalue weighted by Gasteiger charge is -2.09.